The molecule has 45 heavy (non-hydrogen) atoms. The van der Waals surface area contributed by atoms with E-state index in [2.05, 4.69) is 138 Å². The van der Waals surface area contributed by atoms with Crippen LogP contribution < -0.4 is 4.90 Å². The highest BCUT2D eigenvalue weighted by molar-refractivity contribution is 6.25. The number of rotatable bonds is 5. The molecule has 0 bridgehead atoms. The van der Waals surface area contributed by atoms with Gasteiger partial charge in [-0.2, -0.15) is 0 Å². The summed E-state index contributed by atoms with van der Waals surface area (Å²) in [6.45, 7) is 0. The molecule has 0 aliphatic rings. The number of benzene rings is 7. The van der Waals surface area contributed by atoms with Gasteiger partial charge in [0.15, 0.2) is 0 Å². The number of hydrogen-bond acceptors (Lipinski definition) is 3. The van der Waals surface area contributed by atoms with E-state index >= 15 is 0 Å². The van der Waals surface area contributed by atoms with Crippen molar-refractivity contribution in [2.75, 3.05) is 4.90 Å². The second kappa shape index (κ2) is 10.3. The Bertz CT molecular complexity index is 2370. The van der Waals surface area contributed by atoms with E-state index in [-0.39, 0.29) is 0 Å². The van der Waals surface area contributed by atoms with Gasteiger partial charge in [0.25, 0.3) is 0 Å². The first kappa shape index (κ1) is 25.4. The standard InChI is InChI=1S/C42H27NO2/c1-3-10-28(11-4-1)30-18-22-32(23-19-30)43(33-24-20-31(21-25-33)29-12-5-2-6-13-29)36-15-9-17-38-40(36)41-39(44-38)27-26-35-34-14-7-8-16-37(34)45-42(35)41/h1-27H. The number of furan rings is 2. The second-order valence-corrected chi connectivity index (χ2v) is 11.3. The van der Waals surface area contributed by atoms with E-state index in [1.54, 1.807) is 0 Å². The predicted octanol–water partition coefficient (Wildman–Crippen LogP) is 12.3. The van der Waals surface area contributed by atoms with Crippen molar-refractivity contribution in [3.8, 4) is 22.3 Å². The van der Waals surface area contributed by atoms with Gasteiger partial charge in [0.1, 0.15) is 22.3 Å². The fraction of sp³-hybridized carbons (Fsp3) is 0. The van der Waals surface area contributed by atoms with Crippen molar-refractivity contribution in [2.45, 2.75) is 0 Å². The molecule has 0 spiro atoms. The molecule has 0 unspecified atom stereocenters. The predicted molar refractivity (Wildman–Crippen MR) is 187 cm³/mol. The van der Waals surface area contributed by atoms with Crippen molar-refractivity contribution in [2.24, 2.45) is 0 Å². The summed E-state index contributed by atoms with van der Waals surface area (Å²) in [5.74, 6) is 0. The van der Waals surface area contributed by atoms with Crippen LogP contribution in [0.15, 0.2) is 173 Å². The Balaban J connectivity index is 1.28. The molecule has 0 N–H and O–H groups in total. The van der Waals surface area contributed by atoms with Gasteiger partial charge in [0.2, 0.25) is 0 Å². The third-order valence-electron chi connectivity index (χ3n) is 8.69. The van der Waals surface area contributed by atoms with E-state index in [4.69, 9.17) is 8.83 Å². The smallest absolute Gasteiger partial charge is 0.147 e. The number of nitrogens with zero attached hydrogens (tertiary/aromatic N) is 1. The molecule has 212 valence electrons. The van der Waals surface area contributed by atoms with Crippen LogP contribution in [0.2, 0.25) is 0 Å². The average molecular weight is 578 g/mol. The molecule has 0 amide bonds. The van der Waals surface area contributed by atoms with Crippen LogP contribution in [-0.2, 0) is 0 Å². The van der Waals surface area contributed by atoms with Crippen molar-refractivity contribution >= 4 is 60.9 Å². The quantitative estimate of drug-likeness (QED) is 0.204. The molecule has 2 heterocycles. The summed E-state index contributed by atoms with van der Waals surface area (Å²) in [5.41, 5.74) is 11.2. The fourth-order valence-electron chi connectivity index (χ4n) is 6.55. The van der Waals surface area contributed by atoms with Gasteiger partial charge >= 0.3 is 0 Å². The van der Waals surface area contributed by atoms with E-state index in [0.717, 1.165) is 60.9 Å². The lowest BCUT2D eigenvalue weighted by Gasteiger charge is -2.26. The van der Waals surface area contributed by atoms with Crippen LogP contribution in [0.1, 0.15) is 0 Å². The highest BCUT2D eigenvalue weighted by Crippen LogP contribution is 2.46. The van der Waals surface area contributed by atoms with E-state index < -0.39 is 0 Å². The summed E-state index contributed by atoms with van der Waals surface area (Å²) in [5, 5.41) is 4.20. The minimum atomic E-state index is 0.808. The minimum absolute atomic E-state index is 0.808. The van der Waals surface area contributed by atoms with Crippen LogP contribution in [0.4, 0.5) is 17.1 Å². The summed E-state index contributed by atoms with van der Waals surface area (Å²) in [6.07, 6.45) is 0. The molecule has 3 nitrogen and oxygen atoms in total. The molecule has 0 aliphatic heterocycles. The fourth-order valence-corrected chi connectivity index (χ4v) is 6.55. The largest absolute Gasteiger partial charge is 0.456 e. The Morgan fingerprint density at radius 3 is 1.51 bits per heavy atom. The lowest BCUT2D eigenvalue weighted by Crippen LogP contribution is -2.10. The maximum Gasteiger partial charge on any atom is 0.147 e. The van der Waals surface area contributed by atoms with Crippen LogP contribution in [0, 0.1) is 0 Å². The number of para-hydroxylation sites is 1. The maximum absolute atomic E-state index is 6.53. The molecular weight excluding hydrogens is 550 g/mol. The molecule has 0 radical (unpaired) electrons. The molecule has 9 aromatic rings. The number of hydrogen-bond donors (Lipinski definition) is 0. The molecule has 2 aromatic heterocycles. The summed E-state index contributed by atoms with van der Waals surface area (Å²) >= 11 is 0. The third kappa shape index (κ3) is 4.21. The van der Waals surface area contributed by atoms with E-state index in [9.17, 15) is 0 Å². The Morgan fingerprint density at radius 2 is 0.867 bits per heavy atom. The van der Waals surface area contributed by atoms with Gasteiger partial charge in [-0.3, -0.25) is 0 Å². The summed E-state index contributed by atoms with van der Waals surface area (Å²) in [4.78, 5) is 2.32. The molecule has 0 aliphatic carbocycles. The summed E-state index contributed by atoms with van der Waals surface area (Å²) in [7, 11) is 0. The zero-order valence-corrected chi connectivity index (χ0v) is 24.4. The van der Waals surface area contributed by atoms with E-state index in [1.165, 1.54) is 22.3 Å². The van der Waals surface area contributed by atoms with Crippen LogP contribution in [-0.4, -0.2) is 0 Å². The van der Waals surface area contributed by atoms with Crippen molar-refractivity contribution < 1.29 is 8.83 Å². The topological polar surface area (TPSA) is 29.5 Å². The average Bonchev–Trinajstić information content (AvgIpc) is 3.69. The highest BCUT2D eigenvalue weighted by atomic mass is 16.3. The van der Waals surface area contributed by atoms with Crippen LogP contribution in [0.25, 0.3) is 66.1 Å². The third-order valence-corrected chi connectivity index (χ3v) is 8.69. The van der Waals surface area contributed by atoms with Crippen LogP contribution in [0.3, 0.4) is 0 Å². The molecule has 0 saturated carbocycles. The number of anilines is 3. The lowest BCUT2D eigenvalue weighted by molar-refractivity contribution is 0.663. The van der Waals surface area contributed by atoms with Crippen molar-refractivity contribution in [1.29, 1.82) is 0 Å². The first-order chi connectivity index (χ1) is 22.3. The first-order valence-electron chi connectivity index (χ1n) is 15.2. The lowest BCUT2D eigenvalue weighted by atomic mass is 10.0. The maximum atomic E-state index is 6.53. The summed E-state index contributed by atoms with van der Waals surface area (Å²) in [6, 6.07) is 57.2. The summed E-state index contributed by atoms with van der Waals surface area (Å²) < 4.78 is 13.0. The molecule has 3 heteroatoms. The molecule has 0 atom stereocenters. The monoisotopic (exact) mass is 577 g/mol. The first-order valence-corrected chi connectivity index (χ1v) is 15.2. The van der Waals surface area contributed by atoms with Gasteiger partial charge in [-0.25, -0.2) is 0 Å². The van der Waals surface area contributed by atoms with Crippen molar-refractivity contribution in [1.82, 2.24) is 0 Å². The SMILES string of the molecule is c1ccc(-c2ccc(N(c3ccc(-c4ccccc4)cc3)c3cccc4oc5ccc6c7ccccc7oc6c5c34)cc2)cc1. The van der Waals surface area contributed by atoms with Gasteiger partial charge in [0, 0.05) is 22.1 Å². The van der Waals surface area contributed by atoms with Gasteiger partial charge < -0.3 is 13.7 Å². The number of fused-ring (bicyclic) bond motifs is 7. The zero-order valence-electron chi connectivity index (χ0n) is 24.4. The Morgan fingerprint density at radius 1 is 0.333 bits per heavy atom. The molecule has 0 fully saturated rings. The zero-order chi connectivity index (χ0) is 29.7. The van der Waals surface area contributed by atoms with Gasteiger partial charge in [-0.05, 0) is 76.9 Å². The Kier molecular flexibility index (Phi) is 5.82. The van der Waals surface area contributed by atoms with E-state index in [0.29, 0.717) is 0 Å². The molecule has 9 rings (SSSR count). The van der Waals surface area contributed by atoms with Gasteiger partial charge in [-0.1, -0.05) is 109 Å². The van der Waals surface area contributed by atoms with Gasteiger partial charge in [0.05, 0.1) is 16.5 Å². The van der Waals surface area contributed by atoms with Gasteiger partial charge in [-0.15, -0.1) is 0 Å². The molecule has 0 saturated heterocycles. The Hall–Kier alpha value is -6.06. The Labute approximate surface area is 260 Å². The second-order valence-electron chi connectivity index (χ2n) is 11.3. The molecule has 7 aromatic carbocycles. The normalized spacial score (nSPS) is 11.6. The molecular formula is C42H27NO2. The van der Waals surface area contributed by atoms with Crippen LogP contribution in [0.5, 0.6) is 0 Å². The highest BCUT2D eigenvalue weighted by Gasteiger charge is 2.22. The van der Waals surface area contributed by atoms with E-state index in [1.807, 2.05) is 30.3 Å². The van der Waals surface area contributed by atoms with Crippen molar-refractivity contribution in [3.05, 3.63) is 164 Å². The van der Waals surface area contributed by atoms with Crippen LogP contribution >= 0.6 is 0 Å². The van der Waals surface area contributed by atoms with Crippen molar-refractivity contribution in [3.63, 3.8) is 0 Å². The minimum Gasteiger partial charge on any atom is -0.456 e.